The molecule has 1 atom stereocenters. The topological polar surface area (TPSA) is 83.5 Å². The van der Waals surface area contributed by atoms with Crippen molar-refractivity contribution in [2.24, 2.45) is 0 Å². The van der Waals surface area contributed by atoms with Crippen LogP contribution in [0.25, 0.3) is 0 Å². The number of likely N-dealkylation sites (tertiary alicyclic amines) is 1. The van der Waals surface area contributed by atoms with E-state index >= 15 is 0 Å². The molecule has 2 saturated heterocycles. The lowest BCUT2D eigenvalue weighted by atomic mass is 10.1. The minimum absolute atomic E-state index is 0.0713. The van der Waals surface area contributed by atoms with Gasteiger partial charge in [0.1, 0.15) is 0 Å². The fourth-order valence-electron chi connectivity index (χ4n) is 3.15. The minimum atomic E-state index is -2.94. The second-order valence-electron chi connectivity index (χ2n) is 6.30. The molecular weight excluding hydrogens is 316 g/mol. The normalized spacial score (nSPS) is 23.7. The van der Waals surface area contributed by atoms with Gasteiger partial charge in [0.15, 0.2) is 21.3 Å². The lowest BCUT2D eigenvalue weighted by Gasteiger charge is -2.26. The van der Waals surface area contributed by atoms with E-state index in [0.29, 0.717) is 17.9 Å². The van der Waals surface area contributed by atoms with E-state index in [1.54, 1.807) is 12.1 Å². The summed E-state index contributed by atoms with van der Waals surface area (Å²) < 4.78 is 23.2. The van der Waals surface area contributed by atoms with Gasteiger partial charge in [0.2, 0.25) is 0 Å². The Kier molecular flexibility index (Phi) is 4.52. The van der Waals surface area contributed by atoms with Crippen molar-refractivity contribution in [1.29, 1.82) is 0 Å². The van der Waals surface area contributed by atoms with Crippen molar-refractivity contribution in [2.45, 2.75) is 31.7 Å². The number of hydrogen-bond acceptors (Lipinski definition) is 6. The van der Waals surface area contributed by atoms with Gasteiger partial charge in [0.25, 0.3) is 5.91 Å². The Bertz CT molecular complexity index is 668. The Labute approximate surface area is 136 Å². The van der Waals surface area contributed by atoms with Crippen LogP contribution in [0, 0.1) is 0 Å². The van der Waals surface area contributed by atoms with E-state index in [-0.39, 0.29) is 23.5 Å². The van der Waals surface area contributed by atoms with Crippen LogP contribution in [0.15, 0.2) is 12.1 Å². The molecule has 2 aliphatic heterocycles. The molecule has 3 rings (SSSR count). The van der Waals surface area contributed by atoms with Gasteiger partial charge in [-0.15, -0.1) is 10.2 Å². The molecule has 3 heterocycles. The summed E-state index contributed by atoms with van der Waals surface area (Å²) in [6.45, 7) is 1.56. The monoisotopic (exact) mass is 338 g/mol. The lowest BCUT2D eigenvalue weighted by molar-refractivity contribution is 0.0717. The predicted molar refractivity (Wildman–Crippen MR) is 87.2 cm³/mol. The molecule has 0 radical (unpaired) electrons. The molecule has 0 saturated carbocycles. The van der Waals surface area contributed by atoms with Crippen LogP contribution in [0.1, 0.15) is 36.2 Å². The maximum Gasteiger partial charge on any atom is 0.274 e. The van der Waals surface area contributed by atoms with Crippen molar-refractivity contribution in [3.8, 4) is 0 Å². The Balaban J connectivity index is 1.68. The molecule has 1 aromatic heterocycles. The third-order valence-electron chi connectivity index (χ3n) is 4.63. The predicted octanol–water partition coefficient (Wildman–Crippen LogP) is 0.726. The summed E-state index contributed by atoms with van der Waals surface area (Å²) in [4.78, 5) is 16.0. The summed E-state index contributed by atoms with van der Waals surface area (Å²) in [5.41, 5.74) is 0.350. The van der Waals surface area contributed by atoms with Crippen molar-refractivity contribution in [1.82, 2.24) is 15.1 Å². The highest BCUT2D eigenvalue weighted by Crippen LogP contribution is 2.21. The number of hydrogen-bond donors (Lipinski definition) is 0. The highest BCUT2D eigenvalue weighted by atomic mass is 32.2. The zero-order valence-electron chi connectivity index (χ0n) is 13.3. The molecular formula is C15H22N4O3S. The summed E-state index contributed by atoms with van der Waals surface area (Å²) in [5, 5.41) is 8.17. The van der Waals surface area contributed by atoms with Crippen LogP contribution in [0.5, 0.6) is 0 Å². The highest BCUT2D eigenvalue weighted by Gasteiger charge is 2.31. The third kappa shape index (κ3) is 3.63. The van der Waals surface area contributed by atoms with Crippen LogP contribution >= 0.6 is 0 Å². The largest absolute Gasteiger partial charge is 0.354 e. The number of piperidine rings is 1. The van der Waals surface area contributed by atoms with Gasteiger partial charge in [-0.25, -0.2) is 8.42 Å². The van der Waals surface area contributed by atoms with Gasteiger partial charge in [0, 0.05) is 26.2 Å². The molecule has 7 nitrogen and oxygen atoms in total. The molecule has 0 bridgehead atoms. The standard InChI is InChI=1S/C15H22N4O3S/c1-18(12-7-10-23(21,22)11-12)14-6-5-13(16-17-14)15(20)19-8-3-2-4-9-19/h5-6,12H,2-4,7-11H2,1H3. The van der Waals surface area contributed by atoms with Crippen LogP contribution in [0.3, 0.4) is 0 Å². The number of nitrogens with zero attached hydrogens (tertiary/aromatic N) is 4. The van der Waals surface area contributed by atoms with Crippen LogP contribution < -0.4 is 4.90 Å². The van der Waals surface area contributed by atoms with E-state index in [9.17, 15) is 13.2 Å². The van der Waals surface area contributed by atoms with Crippen LogP contribution in [-0.2, 0) is 9.84 Å². The van der Waals surface area contributed by atoms with Gasteiger partial charge >= 0.3 is 0 Å². The van der Waals surface area contributed by atoms with Crippen molar-refractivity contribution in [3.63, 3.8) is 0 Å². The first kappa shape index (κ1) is 16.2. The van der Waals surface area contributed by atoms with Crippen molar-refractivity contribution in [2.75, 3.05) is 36.5 Å². The van der Waals surface area contributed by atoms with E-state index in [1.807, 2.05) is 16.8 Å². The molecule has 0 spiro atoms. The molecule has 0 N–H and O–H groups in total. The molecule has 1 unspecified atom stereocenters. The van der Waals surface area contributed by atoms with Gasteiger partial charge in [-0.1, -0.05) is 0 Å². The van der Waals surface area contributed by atoms with E-state index < -0.39 is 9.84 Å². The SMILES string of the molecule is CN(c1ccc(C(=O)N2CCCCC2)nn1)C1CCS(=O)(=O)C1. The highest BCUT2D eigenvalue weighted by molar-refractivity contribution is 7.91. The maximum absolute atomic E-state index is 12.4. The summed E-state index contributed by atoms with van der Waals surface area (Å²) in [6.07, 6.45) is 3.85. The van der Waals surface area contributed by atoms with Crippen molar-refractivity contribution in [3.05, 3.63) is 17.8 Å². The zero-order valence-corrected chi connectivity index (χ0v) is 14.1. The summed E-state index contributed by atoms with van der Waals surface area (Å²) in [6, 6.07) is 3.35. The number of sulfone groups is 1. The third-order valence-corrected chi connectivity index (χ3v) is 6.38. The maximum atomic E-state index is 12.4. The van der Waals surface area contributed by atoms with Crippen molar-refractivity contribution >= 4 is 21.6 Å². The minimum Gasteiger partial charge on any atom is -0.354 e. The van der Waals surface area contributed by atoms with E-state index in [1.165, 1.54) is 6.42 Å². The van der Waals surface area contributed by atoms with Crippen LogP contribution in [0.4, 0.5) is 5.82 Å². The number of carbonyl (C=O) groups is 1. The average molecular weight is 338 g/mol. The second kappa shape index (κ2) is 6.43. The van der Waals surface area contributed by atoms with Gasteiger partial charge < -0.3 is 9.80 Å². The molecule has 23 heavy (non-hydrogen) atoms. The number of amides is 1. The molecule has 0 aliphatic carbocycles. The van der Waals surface area contributed by atoms with E-state index in [4.69, 9.17) is 0 Å². The van der Waals surface area contributed by atoms with Crippen LogP contribution in [0.2, 0.25) is 0 Å². The Morgan fingerprint density at radius 1 is 1.22 bits per heavy atom. The Morgan fingerprint density at radius 2 is 1.96 bits per heavy atom. The quantitative estimate of drug-likeness (QED) is 0.808. The van der Waals surface area contributed by atoms with Gasteiger partial charge in [-0.3, -0.25) is 4.79 Å². The number of anilines is 1. The first-order valence-electron chi connectivity index (χ1n) is 8.02. The fraction of sp³-hybridized carbons (Fsp3) is 0.667. The van der Waals surface area contributed by atoms with Crippen molar-refractivity contribution < 1.29 is 13.2 Å². The fourth-order valence-corrected chi connectivity index (χ4v) is 4.93. The average Bonchev–Trinajstić information content (AvgIpc) is 2.94. The van der Waals surface area contributed by atoms with Gasteiger partial charge in [-0.05, 0) is 37.8 Å². The number of aromatic nitrogens is 2. The van der Waals surface area contributed by atoms with E-state index in [2.05, 4.69) is 10.2 Å². The summed E-state index contributed by atoms with van der Waals surface area (Å²) in [7, 11) is -1.11. The van der Waals surface area contributed by atoms with Gasteiger partial charge in [-0.2, -0.15) is 0 Å². The van der Waals surface area contributed by atoms with E-state index in [0.717, 1.165) is 25.9 Å². The molecule has 126 valence electrons. The second-order valence-corrected chi connectivity index (χ2v) is 8.53. The zero-order chi connectivity index (χ0) is 16.4. The molecule has 1 aromatic rings. The van der Waals surface area contributed by atoms with Crippen LogP contribution in [-0.4, -0.2) is 67.1 Å². The molecule has 2 fully saturated rings. The first-order valence-corrected chi connectivity index (χ1v) is 9.85. The number of carbonyl (C=O) groups excluding carboxylic acids is 1. The van der Waals surface area contributed by atoms with Gasteiger partial charge in [0.05, 0.1) is 11.5 Å². The smallest absolute Gasteiger partial charge is 0.274 e. The molecule has 1 amide bonds. The summed E-state index contributed by atoms with van der Waals surface area (Å²) >= 11 is 0. The number of rotatable bonds is 3. The molecule has 0 aromatic carbocycles. The molecule has 8 heteroatoms. The first-order chi connectivity index (χ1) is 11.0. The molecule has 2 aliphatic rings. The lowest BCUT2D eigenvalue weighted by Crippen LogP contribution is -2.36. The Morgan fingerprint density at radius 3 is 2.52 bits per heavy atom. The Hall–Kier alpha value is -1.70. The summed E-state index contributed by atoms with van der Waals surface area (Å²) in [5.74, 6) is 0.901.